The molecule has 0 radical (unpaired) electrons. The minimum atomic E-state index is -4.59. The van der Waals surface area contributed by atoms with E-state index < -0.39 is 24.7 Å². The number of hydrogen-bond donors (Lipinski definition) is 0. The predicted octanol–water partition coefficient (Wildman–Crippen LogP) is 6.38. The number of rotatable bonds is 4. The fraction of sp³-hybridized carbons (Fsp3) is 0.429. The largest absolute Gasteiger partial charge is 0.462 e. The average molecular weight is 547 g/mol. The number of esters is 2. The van der Waals surface area contributed by atoms with E-state index in [-0.39, 0.29) is 18.0 Å². The van der Waals surface area contributed by atoms with Crippen LogP contribution in [0.3, 0.4) is 0 Å². The van der Waals surface area contributed by atoms with E-state index in [1.807, 2.05) is 25.1 Å². The van der Waals surface area contributed by atoms with Crippen LogP contribution in [0.1, 0.15) is 62.7 Å². The van der Waals surface area contributed by atoms with E-state index in [1.165, 1.54) is 19.2 Å². The molecule has 0 aliphatic heterocycles. The van der Waals surface area contributed by atoms with Crippen molar-refractivity contribution in [3.63, 3.8) is 0 Å². The first kappa shape index (κ1) is 24.7. The molecule has 1 aromatic carbocycles. The van der Waals surface area contributed by atoms with Gasteiger partial charge in [-0.05, 0) is 42.9 Å². The molecule has 6 rings (SSSR count). The molecular formula is C28H25F3O4S2. The predicted molar refractivity (Wildman–Crippen MR) is 140 cm³/mol. The van der Waals surface area contributed by atoms with Gasteiger partial charge in [0.15, 0.2) is 0 Å². The maximum Gasteiger partial charge on any atom is 0.399 e. The number of carbonyl (C=O) groups is 2. The van der Waals surface area contributed by atoms with Crippen LogP contribution in [0.25, 0.3) is 37.7 Å². The molecule has 194 valence electrons. The fourth-order valence-electron chi connectivity index (χ4n) is 5.75. The summed E-state index contributed by atoms with van der Waals surface area (Å²) in [6, 6.07) is 4.02. The molecule has 0 spiro atoms. The van der Waals surface area contributed by atoms with Crippen molar-refractivity contribution in [2.45, 2.75) is 63.8 Å². The van der Waals surface area contributed by atoms with Crippen molar-refractivity contribution in [3.8, 4) is 0 Å². The normalized spacial score (nSPS) is 24.5. The van der Waals surface area contributed by atoms with Crippen LogP contribution < -0.4 is 9.75 Å². The molecule has 1 fully saturated rings. The van der Waals surface area contributed by atoms with E-state index in [4.69, 9.17) is 9.47 Å². The van der Waals surface area contributed by atoms with Gasteiger partial charge in [-0.15, -0.1) is 22.7 Å². The van der Waals surface area contributed by atoms with Crippen molar-refractivity contribution in [3.05, 3.63) is 39.1 Å². The SMILES string of the molecule is CCC(=O)OC1CCCC2C=c3sc4c(sc5cc6c(cc54)C=CCC6OC(=O)CC(F)(F)F)c3=CC21. The summed E-state index contributed by atoms with van der Waals surface area (Å²) in [6.45, 7) is 1.81. The third-order valence-electron chi connectivity index (χ3n) is 7.43. The number of thiophene rings is 2. The van der Waals surface area contributed by atoms with Gasteiger partial charge < -0.3 is 9.47 Å². The summed E-state index contributed by atoms with van der Waals surface area (Å²) in [4.78, 5) is 23.9. The zero-order chi connectivity index (χ0) is 25.9. The summed E-state index contributed by atoms with van der Waals surface area (Å²) >= 11 is 3.41. The highest BCUT2D eigenvalue weighted by molar-refractivity contribution is 7.32. The number of alkyl halides is 3. The summed E-state index contributed by atoms with van der Waals surface area (Å²) < 4.78 is 53.6. The Morgan fingerprint density at radius 1 is 1.05 bits per heavy atom. The smallest absolute Gasteiger partial charge is 0.399 e. The van der Waals surface area contributed by atoms with Crippen molar-refractivity contribution >= 4 is 72.3 Å². The second kappa shape index (κ2) is 9.27. The van der Waals surface area contributed by atoms with Crippen LogP contribution in [0.5, 0.6) is 0 Å². The molecule has 0 saturated heterocycles. The zero-order valence-corrected chi connectivity index (χ0v) is 21.7. The summed E-state index contributed by atoms with van der Waals surface area (Å²) in [5.41, 5.74) is 1.60. The lowest BCUT2D eigenvalue weighted by Gasteiger charge is -2.35. The average Bonchev–Trinajstić information content (AvgIpc) is 3.36. The van der Waals surface area contributed by atoms with Gasteiger partial charge in [-0.25, -0.2) is 0 Å². The highest BCUT2D eigenvalue weighted by Gasteiger charge is 2.36. The second-order valence-electron chi connectivity index (χ2n) is 9.91. The summed E-state index contributed by atoms with van der Waals surface area (Å²) in [5, 5.41) is 2.28. The molecule has 4 unspecified atom stereocenters. The molecule has 3 aromatic rings. The standard InChI is InChI=1S/C28H25F3O4S2/c1-2-24(32)34-20-7-4-6-15-10-22-19(11-16(15)20)27-26(36-22)18-9-14-5-3-8-21(17(14)12-23(18)37-27)35-25(33)13-28(29,30)31/h3,5,9-12,15-16,20-21H,2,4,6-8,13H2,1H3. The Labute approximate surface area is 219 Å². The maximum atomic E-state index is 12.7. The molecule has 37 heavy (non-hydrogen) atoms. The van der Waals surface area contributed by atoms with Crippen molar-refractivity contribution in [1.82, 2.24) is 0 Å². The zero-order valence-electron chi connectivity index (χ0n) is 20.1. The molecule has 0 amide bonds. The molecule has 2 aromatic heterocycles. The van der Waals surface area contributed by atoms with E-state index in [0.717, 1.165) is 40.5 Å². The van der Waals surface area contributed by atoms with E-state index in [1.54, 1.807) is 22.7 Å². The molecule has 1 saturated carbocycles. The van der Waals surface area contributed by atoms with Crippen LogP contribution in [0, 0.1) is 11.8 Å². The van der Waals surface area contributed by atoms with Gasteiger partial charge in [0.05, 0.1) is 9.40 Å². The van der Waals surface area contributed by atoms with Gasteiger partial charge in [0.2, 0.25) is 0 Å². The Hall–Kier alpha value is -2.65. The molecule has 3 aliphatic carbocycles. The third-order valence-corrected chi connectivity index (χ3v) is 9.95. The first-order chi connectivity index (χ1) is 17.7. The van der Waals surface area contributed by atoms with Crippen LogP contribution in [0.4, 0.5) is 13.2 Å². The molecule has 4 nitrogen and oxygen atoms in total. The Morgan fingerprint density at radius 2 is 1.89 bits per heavy atom. The van der Waals surface area contributed by atoms with E-state index in [9.17, 15) is 22.8 Å². The Bertz CT molecular complexity index is 1560. The number of hydrogen-bond acceptors (Lipinski definition) is 6. The van der Waals surface area contributed by atoms with E-state index >= 15 is 0 Å². The topological polar surface area (TPSA) is 52.6 Å². The van der Waals surface area contributed by atoms with Gasteiger partial charge in [-0.1, -0.05) is 31.2 Å². The van der Waals surface area contributed by atoms with Gasteiger partial charge in [-0.2, -0.15) is 13.2 Å². The molecule has 3 aliphatic rings. The Kier molecular flexibility index (Phi) is 6.18. The maximum absolute atomic E-state index is 12.7. The second-order valence-corrected chi connectivity index (χ2v) is 12.0. The molecule has 0 N–H and O–H groups in total. The Morgan fingerprint density at radius 3 is 2.68 bits per heavy atom. The monoisotopic (exact) mass is 546 g/mol. The Balaban J connectivity index is 1.39. The lowest BCUT2D eigenvalue weighted by molar-refractivity contribution is -0.175. The number of benzene rings is 1. The van der Waals surface area contributed by atoms with Crippen molar-refractivity contribution in [1.29, 1.82) is 0 Å². The van der Waals surface area contributed by atoms with Crippen LogP contribution in [-0.4, -0.2) is 24.2 Å². The highest BCUT2D eigenvalue weighted by Crippen LogP contribution is 2.42. The van der Waals surface area contributed by atoms with Crippen LogP contribution in [-0.2, 0) is 19.1 Å². The molecule has 9 heteroatoms. The number of ether oxygens (including phenoxy) is 2. The van der Waals surface area contributed by atoms with Crippen molar-refractivity contribution in [2.24, 2.45) is 11.8 Å². The van der Waals surface area contributed by atoms with Gasteiger partial charge >= 0.3 is 18.1 Å². The number of fused-ring (bicyclic) bond motifs is 7. The minimum absolute atomic E-state index is 0.107. The van der Waals surface area contributed by atoms with Crippen LogP contribution in [0.15, 0.2) is 18.2 Å². The third kappa shape index (κ3) is 4.61. The summed E-state index contributed by atoms with van der Waals surface area (Å²) in [5.74, 6) is -0.900. The number of halogens is 3. The molecular weight excluding hydrogens is 521 g/mol. The van der Waals surface area contributed by atoms with Gasteiger partial charge in [0.25, 0.3) is 0 Å². The van der Waals surface area contributed by atoms with Gasteiger partial charge in [0.1, 0.15) is 18.6 Å². The van der Waals surface area contributed by atoms with Crippen LogP contribution >= 0.6 is 22.7 Å². The van der Waals surface area contributed by atoms with Gasteiger partial charge in [0, 0.05) is 44.2 Å². The quantitative estimate of drug-likeness (QED) is 0.356. The van der Waals surface area contributed by atoms with E-state index in [2.05, 4.69) is 18.2 Å². The van der Waals surface area contributed by atoms with Crippen molar-refractivity contribution in [2.75, 3.05) is 0 Å². The highest BCUT2D eigenvalue weighted by atomic mass is 32.1. The lowest BCUT2D eigenvalue weighted by atomic mass is 9.75. The van der Waals surface area contributed by atoms with Crippen molar-refractivity contribution < 1.29 is 32.2 Å². The molecule has 4 atom stereocenters. The van der Waals surface area contributed by atoms with E-state index in [0.29, 0.717) is 18.8 Å². The first-order valence-electron chi connectivity index (χ1n) is 12.5. The lowest BCUT2D eigenvalue weighted by Crippen LogP contribution is -2.39. The molecule has 2 heterocycles. The number of carbonyl (C=O) groups excluding carboxylic acids is 2. The van der Waals surface area contributed by atoms with Crippen LogP contribution in [0.2, 0.25) is 0 Å². The summed E-state index contributed by atoms with van der Waals surface area (Å²) in [6.07, 6.45) is 5.12. The molecule has 0 bridgehead atoms. The minimum Gasteiger partial charge on any atom is -0.462 e. The first-order valence-corrected chi connectivity index (χ1v) is 14.2. The summed E-state index contributed by atoms with van der Waals surface area (Å²) in [7, 11) is 0. The fourth-order valence-corrected chi connectivity index (χ4v) is 8.52. The van der Waals surface area contributed by atoms with Gasteiger partial charge in [-0.3, -0.25) is 9.59 Å².